The molecule has 130 valence electrons. The van der Waals surface area contributed by atoms with Gasteiger partial charge in [0.15, 0.2) is 23.0 Å². The summed E-state index contributed by atoms with van der Waals surface area (Å²) >= 11 is 0. The quantitative estimate of drug-likeness (QED) is 0.331. The maximum Gasteiger partial charge on any atom is 0.311 e. The monoisotopic (exact) mass is 343 g/mol. The van der Waals surface area contributed by atoms with Gasteiger partial charge in [-0.2, -0.15) is 0 Å². The van der Waals surface area contributed by atoms with E-state index in [0.717, 1.165) is 0 Å². The van der Waals surface area contributed by atoms with Crippen LogP contribution in [0.5, 0.6) is 17.2 Å². The number of nitro benzene ring substituents is 1. The summed E-state index contributed by atoms with van der Waals surface area (Å²) in [6, 6.07) is 9.28. The lowest BCUT2D eigenvalue weighted by atomic mass is 10.1. The molecule has 25 heavy (non-hydrogen) atoms. The number of ether oxygens (including phenoxy) is 3. The van der Waals surface area contributed by atoms with Crippen LogP contribution in [0.3, 0.4) is 0 Å². The number of carbonyl (C=O) groups is 1. The Hall–Kier alpha value is -3.35. The molecule has 0 aliphatic rings. The van der Waals surface area contributed by atoms with Crippen molar-refractivity contribution in [3.05, 3.63) is 63.7 Å². The first-order chi connectivity index (χ1) is 12.0. The van der Waals surface area contributed by atoms with Crippen molar-refractivity contribution in [3.63, 3.8) is 0 Å². The number of ketones is 1. The van der Waals surface area contributed by atoms with E-state index in [1.54, 1.807) is 24.3 Å². The summed E-state index contributed by atoms with van der Waals surface area (Å²) in [6.07, 6.45) is 2.85. The van der Waals surface area contributed by atoms with Gasteiger partial charge in [-0.05, 0) is 35.9 Å². The zero-order valence-corrected chi connectivity index (χ0v) is 14.0. The molecule has 0 amide bonds. The van der Waals surface area contributed by atoms with E-state index in [0.29, 0.717) is 22.6 Å². The van der Waals surface area contributed by atoms with Crippen LogP contribution in [-0.4, -0.2) is 32.0 Å². The third-order valence-electron chi connectivity index (χ3n) is 3.49. The maximum absolute atomic E-state index is 12.3. The van der Waals surface area contributed by atoms with E-state index in [1.807, 2.05) is 0 Å². The molecule has 0 aromatic heterocycles. The molecule has 0 N–H and O–H groups in total. The minimum absolute atomic E-state index is 0.161. The van der Waals surface area contributed by atoms with Crippen molar-refractivity contribution in [1.82, 2.24) is 0 Å². The third kappa shape index (κ3) is 4.14. The van der Waals surface area contributed by atoms with E-state index in [4.69, 9.17) is 14.2 Å². The highest BCUT2D eigenvalue weighted by atomic mass is 16.6. The highest BCUT2D eigenvalue weighted by molar-refractivity contribution is 6.07. The van der Waals surface area contributed by atoms with Gasteiger partial charge in [0.1, 0.15) is 0 Å². The average molecular weight is 343 g/mol. The molecular formula is C18H17NO6. The Kier molecular flexibility index (Phi) is 5.73. The van der Waals surface area contributed by atoms with Gasteiger partial charge in [0, 0.05) is 11.6 Å². The number of allylic oxidation sites excluding steroid dienone is 1. The first kappa shape index (κ1) is 18.0. The minimum Gasteiger partial charge on any atom is -0.493 e. The number of benzene rings is 2. The van der Waals surface area contributed by atoms with Crippen LogP contribution in [0.1, 0.15) is 15.9 Å². The van der Waals surface area contributed by atoms with Gasteiger partial charge in [-0.25, -0.2) is 0 Å². The fourth-order valence-corrected chi connectivity index (χ4v) is 2.21. The summed E-state index contributed by atoms with van der Waals surface area (Å²) in [7, 11) is 4.35. The fourth-order valence-electron chi connectivity index (χ4n) is 2.21. The van der Waals surface area contributed by atoms with Crippen molar-refractivity contribution < 1.29 is 23.9 Å². The topological polar surface area (TPSA) is 87.9 Å². The van der Waals surface area contributed by atoms with Crippen molar-refractivity contribution in [3.8, 4) is 17.2 Å². The second kappa shape index (κ2) is 7.96. The molecule has 7 heteroatoms. The number of hydrogen-bond acceptors (Lipinski definition) is 6. The molecule has 0 radical (unpaired) electrons. The first-order valence-corrected chi connectivity index (χ1v) is 7.27. The van der Waals surface area contributed by atoms with Crippen LogP contribution in [0.15, 0.2) is 42.5 Å². The molecule has 0 saturated carbocycles. The van der Waals surface area contributed by atoms with Crippen LogP contribution in [0.25, 0.3) is 6.08 Å². The van der Waals surface area contributed by atoms with Gasteiger partial charge in [0.25, 0.3) is 0 Å². The Labute approximate surface area is 144 Å². The van der Waals surface area contributed by atoms with Crippen LogP contribution in [0, 0.1) is 10.1 Å². The number of hydrogen-bond donors (Lipinski definition) is 0. The molecule has 2 aromatic carbocycles. The van der Waals surface area contributed by atoms with Crippen LogP contribution in [-0.2, 0) is 0 Å². The van der Waals surface area contributed by atoms with E-state index >= 15 is 0 Å². The van der Waals surface area contributed by atoms with Crippen molar-refractivity contribution in [2.75, 3.05) is 21.3 Å². The van der Waals surface area contributed by atoms with Crippen LogP contribution in [0.4, 0.5) is 5.69 Å². The number of rotatable bonds is 7. The van der Waals surface area contributed by atoms with Crippen molar-refractivity contribution in [2.45, 2.75) is 0 Å². The van der Waals surface area contributed by atoms with Crippen molar-refractivity contribution in [2.24, 2.45) is 0 Å². The van der Waals surface area contributed by atoms with Crippen LogP contribution < -0.4 is 14.2 Å². The van der Waals surface area contributed by atoms with E-state index in [-0.39, 0.29) is 17.2 Å². The van der Waals surface area contributed by atoms with Gasteiger partial charge >= 0.3 is 5.69 Å². The molecule has 0 heterocycles. The van der Waals surface area contributed by atoms with Gasteiger partial charge in [-0.1, -0.05) is 12.1 Å². The van der Waals surface area contributed by atoms with Gasteiger partial charge in [-0.15, -0.1) is 0 Å². The highest BCUT2D eigenvalue weighted by Gasteiger charge is 2.14. The number of carbonyl (C=O) groups excluding carboxylic acids is 1. The summed E-state index contributed by atoms with van der Waals surface area (Å²) in [5.74, 6) is 0.864. The predicted octanol–water partition coefficient (Wildman–Crippen LogP) is 3.52. The van der Waals surface area contributed by atoms with Crippen molar-refractivity contribution in [1.29, 1.82) is 0 Å². The van der Waals surface area contributed by atoms with E-state index in [1.165, 1.54) is 45.6 Å². The molecular weight excluding hydrogens is 326 g/mol. The molecule has 7 nitrogen and oxygen atoms in total. The normalized spacial score (nSPS) is 10.5. The van der Waals surface area contributed by atoms with Gasteiger partial charge in [0.05, 0.1) is 26.3 Å². The zero-order valence-electron chi connectivity index (χ0n) is 14.0. The lowest BCUT2D eigenvalue weighted by molar-refractivity contribution is -0.385. The zero-order chi connectivity index (χ0) is 18.4. The Morgan fingerprint density at radius 2 is 1.60 bits per heavy atom. The Morgan fingerprint density at radius 3 is 2.20 bits per heavy atom. The second-order valence-electron chi connectivity index (χ2n) is 4.96. The Bertz CT molecular complexity index is 828. The van der Waals surface area contributed by atoms with E-state index < -0.39 is 4.92 Å². The molecule has 0 atom stereocenters. The third-order valence-corrected chi connectivity index (χ3v) is 3.49. The first-order valence-electron chi connectivity index (χ1n) is 7.27. The predicted molar refractivity (Wildman–Crippen MR) is 92.6 cm³/mol. The van der Waals surface area contributed by atoms with E-state index in [9.17, 15) is 14.9 Å². The fraction of sp³-hybridized carbons (Fsp3) is 0.167. The smallest absolute Gasteiger partial charge is 0.311 e. The maximum atomic E-state index is 12.3. The Balaban J connectivity index is 2.26. The van der Waals surface area contributed by atoms with Crippen LogP contribution in [0.2, 0.25) is 0 Å². The lowest BCUT2D eigenvalue weighted by Gasteiger charge is -2.08. The highest BCUT2D eigenvalue weighted by Crippen LogP contribution is 2.29. The largest absolute Gasteiger partial charge is 0.493 e. The van der Waals surface area contributed by atoms with Gasteiger partial charge < -0.3 is 14.2 Å². The van der Waals surface area contributed by atoms with E-state index in [2.05, 4.69) is 0 Å². The molecule has 0 bridgehead atoms. The summed E-state index contributed by atoms with van der Waals surface area (Å²) in [5.41, 5.74) is 0.765. The summed E-state index contributed by atoms with van der Waals surface area (Å²) in [6.45, 7) is 0. The number of methoxy groups -OCH3 is 3. The average Bonchev–Trinajstić information content (AvgIpc) is 2.65. The molecule has 0 aliphatic carbocycles. The number of nitrogens with zero attached hydrogens (tertiary/aromatic N) is 1. The minimum atomic E-state index is -0.535. The molecule has 0 saturated heterocycles. The molecule has 0 unspecified atom stereocenters. The molecule has 0 fully saturated rings. The lowest BCUT2D eigenvalue weighted by Crippen LogP contribution is -1.97. The molecule has 0 spiro atoms. The number of nitro groups is 1. The van der Waals surface area contributed by atoms with Gasteiger partial charge in [0.2, 0.25) is 0 Å². The summed E-state index contributed by atoms with van der Waals surface area (Å²) < 4.78 is 15.2. The van der Waals surface area contributed by atoms with Crippen molar-refractivity contribution >= 4 is 17.5 Å². The van der Waals surface area contributed by atoms with Crippen LogP contribution >= 0.6 is 0 Å². The summed E-state index contributed by atoms with van der Waals surface area (Å²) in [4.78, 5) is 22.8. The second-order valence-corrected chi connectivity index (χ2v) is 4.96. The Morgan fingerprint density at radius 1 is 0.960 bits per heavy atom. The standard InChI is InChI=1S/C18H17NO6/c1-23-16-8-5-12(10-14(16)19(21)22)4-7-15(20)13-6-9-17(24-2)18(11-13)25-3/h4-11H,1-3H3/b7-4+. The molecule has 2 rings (SSSR count). The summed E-state index contributed by atoms with van der Waals surface area (Å²) in [5, 5.41) is 11.0. The molecule has 0 aliphatic heterocycles. The molecule has 2 aromatic rings. The van der Waals surface area contributed by atoms with Gasteiger partial charge in [-0.3, -0.25) is 14.9 Å². The SMILES string of the molecule is COc1ccc(C(=O)/C=C/c2ccc(OC)c([N+](=O)[O-])c2)cc1OC.